The summed E-state index contributed by atoms with van der Waals surface area (Å²) in [6.45, 7) is 7.56. The number of rotatable bonds is 8. The first-order valence-electron chi connectivity index (χ1n) is 8.01. The number of hydrogen-bond acceptors (Lipinski definition) is 5. The molecule has 124 valence electrons. The van der Waals surface area contributed by atoms with Crippen LogP contribution in [-0.4, -0.2) is 46.7 Å². The molecular weight excluding hydrogens is 272 g/mol. The van der Waals surface area contributed by atoms with Crippen LogP contribution in [0.3, 0.4) is 0 Å². The highest BCUT2D eigenvalue weighted by atomic mass is 16.7. The average Bonchev–Trinajstić information content (AvgIpc) is 2.40. The molecule has 0 amide bonds. The van der Waals surface area contributed by atoms with Crippen molar-refractivity contribution in [2.45, 2.75) is 90.5 Å². The molecule has 1 rings (SSSR count). The summed E-state index contributed by atoms with van der Waals surface area (Å²) in [7, 11) is 0. The quantitative estimate of drug-likeness (QED) is 0.671. The summed E-state index contributed by atoms with van der Waals surface area (Å²) >= 11 is 0. The minimum atomic E-state index is -0.791. The maximum atomic E-state index is 11.5. The summed E-state index contributed by atoms with van der Waals surface area (Å²) in [5.41, 5.74) is 0. The summed E-state index contributed by atoms with van der Waals surface area (Å²) in [6.07, 6.45) is 1.05. The lowest BCUT2D eigenvalue weighted by molar-refractivity contribution is -0.273. The Morgan fingerprint density at radius 3 is 2.52 bits per heavy atom. The second-order valence-corrected chi connectivity index (χ2v) is 6.39. The van der Waals surface area contributed by atoms with E-state index in [2.05, 4.69) is 0 Å². The van der Waals surface area contributed by atoms with E-state index >= 15 is 0 Å². The molecule has 1 saturated heterocycles. The van der Waals surface area contributed by atoms with Gasteiger partial charge in [0, 0.05) is 18.8 Å². The fraction of sp³-hybridized carbons (Fsp3) is 0.938. The predicted octanol–water partition coefficient (Wildman–Crippen LogP) is 2.03. The number of aliphatic hydroxyl groups is 2. The molecule has 5 nitrogen and oxygen atoms in total. The topological polar surface area (TPSA) is 76.0 Å². The van der Waals surface area contributed by atoms with Gasteiger partial charge in [-0.3, -0.25) is 4.79 Å². The Bertz CT molecular complexity index is 318. The normalized spacial score (nSPS) is 31.4. The van der Waals surface area contributed by atoms with Crippen molar-refractivity contribution in [3.05, 3.63) is 0 Å². The van der Waals surface area contributed by atoms with Gasteiger partial charge in [0.2, 0.25) is 0 Å². The van der Waals surface area contributed by atoms with Gasteiger partial charge in [0.1, 0.15) is 11.9 Å². The first kappa shape index (κ1) is 18.6. The average molecular weight is 302 g/mol. The van der Waals surface area contributed by atoms with E-state index in [0.29, 0.717) is 12.2 Å². The number of carbonyl (C=O) groups is 1. The number of carbonyl (C=O) groups excluding carboxylic acids is 1. The molecule has 5 atom stereocenters. The third kappa shape index (κ3) is 6.43. The fourth-order valence-corrected chi connectivity index (χ4v) is 2.38. The standard InChI is InChI=1S/C16H30O5/c1-10(2)13(17)8-6-5-7-11(3)20-16-15(19)9-14(18)12(4)21-16/h10-12,14-16,18-19H,5-9H2,1-4H3. The van der Waals surface area contributed by atoms with Crippen LogP contribution in [0.15, 0.2) is 0 Å². The van der Waals surface area contributed by atoms with Crippen LogP contribution in [0.1, 0.15) is 59.8 Å². The zero-order chi connectivity index (χ0) is 16.0. The molecule has 1 aliphatic rings. The van der Waals surface area contributed by atoms with Crippen molar-refractivity contribution in [2.24, 2.45) is 5.92 Å². The monoisotopic (exact) mass is 302 g/mol. The van der Waals surface area contributed by atoms with Gasteiger partial charge in [-0.25, -0.2) is 0 Å². The predicted molar refractivity (Wildman–Crippen MR) is 79.8 cm³/mol. The van der Waals surface area contributed by atoms with E-state index in [-0.39, 0.29) is 24.5 Å². The van der Waals surface area contributed by atoms with Crippen molar-refractivity contribution >= 4 is 5.78 Å². The second kappa shape index (κ2) is 8.83. The summed E-state index contributed by atoms with van der Waals surface area (Å²) in [5, 5.41) is 19.5. The van der Waals surface area contributed by atoms with Gasteiger partial charge in [0.05, 0.1) is 18.3 Å². The van der Waals surface area contributed by atoms with E-state index in [4.69, 9.17) is 9.47 Å². The maximum Gasteiger partial charge on any atom is 0.184 e. The van der Waals surface area contributed by atoms with Crippen molar-refractivity contribution in [1.29, 1.82) is 0 Å². The van der Waals surface area contributed by atoms with Gasteiger partial charge in [0.15, 0.2) is 6.29 Å². The molecule has 2 N–H and O–H groups in total. The number of ketones is 1. The Kier molecular flexibility index (Phi) is 7.81. The third-order valence-electron chi connectivity index (χ3n) is 3.98. The highest BCUT2D eigenvalue weighted by molar-refractivity contribution is 5.80. The van der Waals surface area contributed by atoms with Gasteiger partial charge in [0.25, 0.3) is 0 Å². The molecule has 0 spiro atoms. The molecule has 5 unspecified atom stereocenters. The minimum Gasteiger partial charge on any atom is -0.390 e. The van der Waals surface area contributed by atoms with Crippen molar-refractivity contribution in [1.82, 2.24) is 0 Å². The lowest BCUT2D eigenvalue weighted by atomic mass is 10.0. The van der Waals surface area contributed by atoms with Gasteiger partial charge in [-0.1, -0.05) is 20.3 Å². The molecule has 0 bridgehead atoms. The first-order chi connectivity index (χ1) is 9.81. The van der Waals surface area contributed by atoms with E-state index in [1.54, 1.807) is 6.92 Å². The molecule has 1 fully saturated rings. The smallest absolute Gasteiger partial charge is 0.184 e. The minimum absolute atomic E-state index is 0.0405. The first-order valence-corrected chi connectivity index (χ1v) is 8.01. The van der Waals surface area contributed by atoms with Crippen molar-refractivity contribution in [2.75, 3.05) is 0 Å². The van der Waals surface area contributed by atoms with Gasteiger partial charge in [-0.15, -0.1) is 0 Å². The van der Waals surface area contributed by atoms with Crippen LogP contribution in [-0.2, 0) is 14.3 Å². The molecule has 21 heavy (non-hydrogen) atoms. The summed E-state index contributed by atoms with van der Waals surface area (Å²) in [6, 6.07) is 0. The van der Waals surface area contributed by atoms with E-state index < -0.39 is 18.5 Å². The highest BCUT2D eigenvalue weighted by Crippen LogP contribution is 2.23. The van der Waals surface area contributed by atoms with Crippen molar-refractivity contribution < 1.29 is 24.5 Å². The van der Waals surface area contributed by atoms with E-state index in [0.717, 1.165) is 19.3 Å². The zero-order valence-corrected chi connectivity index (χ0v) is 13.6. The number of Topliss-reactive ketones (excluding diaryl/α,β-unsaturated/α-hetero) is 1. The number of aliphatic hydroxyl groups excluding tert-OH is 2. The number of ether oxygens (including phenoxy) is 2. The van der Waals surface area contributed by atoms with Crippen LogP contribution in [0.25, 0.3) is 0 Å². The molecule has 0 radical (unpaired) electrons. The van der Waals surface area contributed by atoms with Crippen LogP contribution in [0.5, 0.6) is 0 Å². The van der Waals surface area contributed by atoms with Gasteiger partial charge in [-0.2, -0.15) is 0 Å². The Morgan fingerprint density at radius 1 is 1.24 bits per heavy atom. The Balaban J connectivity index is 2.21. The molecule has 1 heterocycles. The molecular formula is C16H30O5. The maximum absolute atomic E-state index is 11.5. The van der Waals surface area contributed by atoms with E-state index in [9.17, 15) is 15.0 Å². The van der Waals surface area contributed by atoms with Crippen LogP contribution in [0, 0.1) is 5.92 Å². The number of hydrogen-bond donors (Lipinski definition) is 2. The van der Waals surface area contributed by atoms with Crippen molar-refractivity contribution in [3.8, 4) is 0 Å². The molecule has 0 aliphatic carbocycles. The highest BCUT2D eigenvalue weighted by Gasteiger charge is 2.35. The SMILES string of the molecule is CC(CCCCC(=O)C(C)C)OC1OC(C)C(O)CC1O. The largest absolute Gasteiger partial charge is 0.390 e. The van der Waals surface area contributed by atoms with Crippen molar-refractivity contribution in [3.63, 3.8) is 0 Å². The fourth-order valence-electron chi connectivity index (χ4n) is 2.38. The van der Waals surface area contributed by atoms with Crippen LogP contribution in [0.4, 0.5) is 0 Å². The van der Waals surface area contributed by atoms with Gasteiger partial charge >= 0.3 is 0 Å². The van der Waals surface area contributed by atoms with Gasteiger partial charge in [-0.05, 0) is 26.7 Å². The Hall–Kier alpha value is -0.490. The Labute approximate surface area is 127 Å². The lowest BCUT2D eigenvalue weighted by Crippen LogP contribution is -2.48. The molecule has 0 aromatic carbocycles. The molecule has 1 aliphatic heterocycles. The third-order valence-corrected chi connectivity index (χ3v) is 3.98. The van der Waals surface area contributed by atoms with Gasteiger partial charge < -0.3 is 19.7 Å². The second-order valence-electron chi connectivity index (χ2n) is 6.39. The Morgan fingerprint density at radius 2 is 1.90 bits per heavy atom. The van der Waals surface area contributed by atoms with E-state index in [1.165, 1.54) is 0 Å². The number of unbranched alkanes of at least 4 members (excludes halogenated alkanes) is 1. The van der Waals surface area contributed by atoms with Crippen LogP contribution >= 0.6 is 0 Å². The molecule has 0 aromatic heterocycles. The summed E-state index contributed by atoms with van der Waals surface area (Å²) in [4.78, 5) is 11.5. The summed E-state index contributed by atoms with van der Waals surface area (Å²) in [5.74, 6) is 0.412. The molecule has 0 saturated carbocycles. The lowest BCUT2D eigenvalue weighted by Gasteiger charge is -2.36. The van der Waals surface area contributed by atoms with Crippen LogP contribution in [0.2, 0.25) is 0 Å². The zero-order valence-electron chi connectivity index (χ0n) is 13.6. The molecule has 0 aromatic rings. The molecule has 5 heteroatoms. The van der Waals surface area contributed by atoms with E-state index in [1.807, 2.05) is 20.8 Å². The summed E-state index contributed by atoms with van der Waals surface area (Å²) < 4.78 is 11.2. The van der Waals surface area contributed by atoms with Crippen LogP contribution < -0.4 is 0 Å².